The van der Waals surface area contributed by atoms with E-state index in [-0.39, 0.29) is 15.8 Å². The number of alkyl halides is 3. The van der Waals surface area contributed by atoms with E-state index in [0.29, 0.717) is 10.4 Å². The second kappa shape index (κ2) is 6.40. The lowest BCUT2D eigenvalue weighted by Crippen LogP contribution is -2.20. The number of carbonyl (C=O) groups is 1. The standard InChI is InChI=1S/C15H11F3O4S2/c1-24(21,22)10-4-2-3-9(7-10)12-5-6-13(23-12)11(19)8-14(20)15(16,17)18/h2-8,19H,1H3/b11-8+. The van der Waals surface area contributed by atoms with E-state index in [1.165, 1.54) is 30.3 Å². The normalized spacial score (nSPS) is 13.1. The highest BCUT2D eigenvalue weighted by Crippen LogP contribution is 2.32. The summed E-state index contributed by atoms with van der Waals surface area (Å²) in [7, 11) is -3.40. The zero-order valence-corrected chi connectivity index (χ0v) is 13.8. The van der Waals surface area contributed by atoms with Gasteiger partial charge in [-0.3, -0.25) is 4.79 Å². The monoisotopic (exact) mass is 376 g/mol. The van der Waals surface area contributed by atoms with Crippen LogP contribution in [-0.2, 0) is 14.6 Å². The van der Waals surface area contributed by atoms with Gasteiger partial charge in [-0.15, -0.1) is 11.3 Å². The van der Waals surface area contributed by atoms with E-state index < -0.39 is 27.6 Å². The first-order chi connectivity index (χ1) is 11.0. The van der Waals surface area contributed by atoms with Gasteiger partial charge in [-0.25, -0.2) is 8.42 Å². The van der Waals surface area contributed by atoms with E-state index in [1.807, 2.05) is 0 Å². The molecule has 1 aromatic heterocycles. The summed E-state index contributed by atoms with van der Waals surface area (Å²) in [5.41, 5.74) is 0.532. The lowest BCUT2D eigenvalue weighted by molar-refractivity contribution is -0.165. The molecule has 0 saturated carbocycles. The number of allylic oxidation sites excluding steroid dienone is 1. The van der Waals surface area contributed by atoms with Crippen LogP contribution in [0.25, 0.3) is 16.2 Å². The van der Waals surface area contributed by atoms with E-state index >= 15 is 0 Å². The Balaban J connectivity index is 2.35. The average molecular weight is 376 g/mol. The summed E-state index contributed by atoms with van der Waals surface area (Å²) in [6.07, 6.45) is -3.89. The first-order valence-corrected chi connectivity index (χ1v) is 9.12. The van der Waals surface area contributed by atoms with Crippen molar-refractivity contribution in [3.05, 3.63) is 47.4 Å². The Kier molecular flexibility index (Phi) is 4.86. The molecule has 0 aliphatic carbocycles. The molecule has 0 aliphatic heterocycles. The Morgan fingerprint density at radius 1 is 1.21 bits per heavy atom. The first kappa shape index (κ1) is 18.2. The summed E-state index contributed by atoms with van der Waals surface area (Å²) in [5, 5.41) is 9.65. The molecule has 0 saturated heterocycles. The largest absolute Gasteiger partial charge is 0.506 e. The maximum atomic E-state index is 12.2. The number of hydrogen-bond donors (Lipinski definition) is 1. The molecule has 0 spiro atoms. The molecular formula is C15H11F3O4S2. The minimum Gasteiger partial charge on any atom is -0.506 e. The van der Waals surface area contributed by atoms with Crippen molar-refractivity contribution in [3.63, 3.8) is 0 Å². The molecule has 0 amide bonds. The Labute approximate surface area is 139 Å². The Bertz CT molecular complexity index is 909. The molecule has 4 nitrogen and oxygen atoms in total. The number of ketones is 1. The molecule has 1 aromatic carbocycles. The van der Waals surface area contributed by atoms with Gasteiger partial charge in [0.1, 0.15) is 5.76 Å². The summed E-state index contributed by atoms with van der Waals surface area (Å²) >= 11 is 0.933. The summed E-state index contributed by atoms with van der Waals surface area (Å²) in [6.45, 7) is 0. The first-order valence-electron chi connectivity index (χ1n) is 6.41. The summed E-state index contributed by atoms with van der Waals surface area (Å²) in [5.74, 6) is -2.96. The molecule has 24 heavy (non-hydrogen) atoms. The average Bonchev–Trinajstić information content (AvgIpc) is 2.95. The van der Waals surface area contributed by atoms with Crippen LogP contribution in [0, 0.1) is 0 Å². The van der Waals surface area contributed by atoms with Gasteiger partial charge in [-0.1, -0.05) is 12.1 Å². The highest BCUT2D eigenvalue weighted by molar-refractivity contribution is 7.90. The predicted molar refractivity (Wildman–Crippen MR) is 84.5 cm³/mol. The zero-order valence-electron chi connectivity index (χ0n) is 12.2. The molecule has 0 bridgehead atoms. The van der Waals surface area contributed by atoms with Crippen molar-refractivity contribution in [1.29, 1.82) is 0 Å². The quantitative estimate of drug-likeness (QED) is 0.650. The van der Waals surface area contributed by atoms with Crippen molar-refractivity contribution in [2.45, 2.75) is 11.1 Å². The van der Waals surface area contributed by atoms with Crippen molar-refractivity contribution < 1.29 is 31.5 Å². The topological polar surface area (TPSA) is 71.4 Å². The van der Waals surface area contributed by atoms with Crippen molar-refractivity contribution >= 4 is 32.7 Å². The molecule has 0 aliphatic rings. The third kappa shape index (κ3) is 4.24. The second-order valence-corrected chi connectivity index (χ2v) is 7.95. The van der Waals surface area contributed by atoms with Crippen molar-refractivity contribution in [1.82, 2.24) is 0 Å². The molecule has 0 radical (unpaired) electrons. The fraction of sp³-hybridized carbons (Fsp3) is 0.133. The van der Waals surface area contributed by atoms with Crippen LogP contribution >= 0.6 is 11.3 Å². The lowest BCUT2D eigenvalue weighted by atomic mass is 10.2. The van der Waals surface area contributed by atoms with Gasteiger partial charge in [0.15, 0.2) is 9.84 Å². The van der Waals surface area contributed by atoms with Crippen LogP contribution in [0.4, 0.5) is 13.2 Å². The van der Waals surface area contributed by atoms with Crippen LogP contribution in [-0.4, -0.2) is 31.7 Å². The van der Waals surface area contributed by atoms with E-state index in [9.17, 15) is 31.5 Å². The van der Waals surface area contributed by atoms with Gasteiger partial charge in [0.05, 0.1) is 9.77 Å². The minimum absolute atomic E-state index is 0.0624. The highest BCUT2D eigenvalue weighted by atomic mass is 32.2. The fourth-order valence-electron chi connectivity index (χ4n) is 1.79. The molecule has 2 aromatic rings. The number of sulfone groups is 1. The molecule has 1 heterocycles. The van der Waals surface area contributed by atoms with Gasteiger partial charge >= 0.3 is 6.18 Å². The molecule has 0 atom stereocenters. The highest BCUT2D eigenvalue weighted by Gasteiger charge is 2.37. The second-order valence-electron chi connectivity index (χ2n) is 4.86. The lowest BCUT2D eigenvalue weighted by Gasteiger charge is -2.02. The summed E-state index contributed by atoms with van der Waals surface area (Å²) < 4.78 is 59.7. The smallest absolute Gasteiger partial charge is 0.454 e. The Morgan fingerprint density at radius 3 is 2.46 bits per heavy atom. The Morgan fingerprint density at radius 2 is 1.88 bits per heavy atom. The molecular weight excluding hydrogens is 365 g/mol. The van der Waals surface area contributed by atoms with Crippen molar-refractivity contribution in [3.8, 4) is 10.4 Å². The van der Waals surface area contributed by atoms with E-state index in [1.54, 1.807) is 6.07 Å². The van der Waals surface area contributed by atoms with Gasteiger partial charge in [-0.05, 0) is 29.8 Å². The third-order valence-electron chi connectivity index (χ3n) is 2.95. The number of carbonyl (C=O) groups excluding carboxylic acids is 1. The van der Waals surface area contributed by atoms with Gasteiger partial charge in [0.2, 0.25) is 0 Å². The molecule has 2 rings (SSSR count). The molecule has 1 N–H and O–H groups in total. The minimum atomic E-state index is -5.06. The van der Waals surface area contributed by atoms with E-state index in [0.717, 1.165) is 17.6 Å². The van der Waals surface area contributed by atoms with E-state index in [2.05, 4.69) is 0 Å². The van der Waals surface area contributed by atoms with Gasteiger partial charge < -0.3 is 5.11 Å². The van der Waals surface area contributed by atoms with Gasteiger partial charge in [0.25, 0.3) is 5.78 Å². The molecule has 9 heteroatoms. The maximum absolute atomic E-state index is 12.2. The van der Waals surface area contributed by atoms with Crippen LogP contribution in [0.2, 0.25) is 0 Å². The Hall–Kier alpha value is -2.13. The van der Waals surface area contributed by atoms with Gasteiger partial charge in [0, 0.05) is 17.2 Å². The fourth-order valence-corrected chi connectivity index (χ4v) is 3.37. The third-order valence-corrected chi connectivity index (χ3v) is 5.22. The number of benzene rings is 1. The van der Waals surface area contributed by atoms with Crippen molar-refractivity contribution in [2.75, 3.05) is 6.26 Å². The summed E-state index contributed by atoms with van der Waals surface area (Å²) in [6, 6.07) is 8.88. The van der Waals surface area contributed by atoms with E-state index in [4.69, 9.17) is 0 Å². The van der Waals surface area contributed by atoms with Gasteiger partial charge in [-0.2, -0.15) is 13.2 Å². The van der Waals surface area contributed by atoms with Crippen LogP contribution in [0.1, 0.15) is 4.88 Å². The number of aliphatic hydroxyl groups is 1. The molecule has 0 fully saturated rings. The maximum Gasteiger partial charge on any atom is 0.454 e. The SMILES string of the molecule is CS(=O)(=O)c1cccc(-c2ccc(/C(O)=C\C(=O)C(F)(F)F)s2)c1. The van der Waals surface area contributed by atoms with Crippen LogP contribution in [0.5, 0.6) is 0 Å². The van der Waals surface area contributed by atoms with Crippen LogP contribution in [0.3, 0.4) is 0 Å². The molecule has 128 valence electrons. The number of thiophene rings is 1. The summed E-state index contributed by atoms with van der Waals surface area (Å²) in [4.78, 5) is 11.6. The number of hydrogen-bond acceptors (Lipinski definition) is 5. The van der Waals surface area contributed by atoms with Crippen LogP contribution < -0.4 is 0 Å². The number of aliphatic hydroxyl groups excluding tert-OH is 1. The van der Waals surface area contributed by atoms with Crippen LogP contribution in [0.15, 0.2) is 47.4 Å². The predicted octanol–water partition coefficient (Wildman–Crippen LogP) is 3.85. The van der Waals surface area contributed by atoms with Crippen molar-refractivity contribution in [2.24, 2.45) is 0 Å². The number of rotatable bonds is 4. The zero-order chi connectivity index (χ0) is 18.1. The molecule has 0 unspecified atom stereocenters. The number of halogens is 3.